The smallest absolute Gasteiger partial charge is 0.319 e. The normalized spacial score (nSPS) is 11.0. The Kier molecular flexibility index (Phi) is 5.00. The third kappa shape index (κ3) is 4.18. The highest BCUT2D eigenvalue weighted by Crippen LogP contribution is 2.37. The van der Waals surface area contributed by atoms with Gasteiger partial charge < -0.3 is 4.18 Å². The largest absolute Gasteiger partial charge is 0.367 e. The first-order valence-electron chi connectivity index (χ1n) is 6.28. The third-order valence-corrected chi connectivity index (χ3v) is 4.19. The summed E-state index contributed by atoms with van der Waals surface area (Å²) in [5.41, 5.74) is -1.33. The van der Waals surface area contributed by atoms with Crippen LogP contribution in [0.4, 0.5) is 11.4 Å². The van der Waals surface area contributed by atoms with E-state index in [2.05, 4.69) is 4.18 Å². The van der Waals surface area contributed by atoms with E-state index in [0.29, 0.717) is 10.6 Å². The van der Waals surface area contributed by atoms with Gasteiger partial charge in [-0.3, -0.25) is 20.2 Å². The van der Waals surface area contributed by atoms with Gasteiger partial charge in [-0.2, -0.15) is 8.42 Å². The van der Waals surface area contributed by atoms with Crippen molar-refractivity contribution in [3.63, 3.8) is 0 Å². The highest BCUT2D eigenvalue weighted by molar-refractivity contribution is 7.86. The molecule has 11 heteroatoms. The van der Waals surface area contributed by atoms with Crippen LogP contribution < -0.4 is 4.18 Å². The van der Waals surface area contributed by atoms with E-state index in [-0.39, 0.29) is 0 Å². The van der Waals surface area contributed by atoms with Crippen LogP contribution >= 0.6 is 11.6 Å². The summed E-state index contributed by atoms with van der Waals surface area (Å²) in [7, 11) is -4.36. The van der Waals surface area contributed by atoms with Gasteiger partial charge in [-0.05, 0) is 23.8 Å². The first-order valence-corrected chi connectivity index (χ1v) is 8.23. The van der Waals surface area contributed by atoms with Crippen LogP contribution in [0.2, 0.25) is 5.02 Å². The van der Waals surface area contributed by atoms with Crippen molar-refractivity contribution in [3.8, 4) is 5.75 Å². The van der Waals surface area contributed by atoms with E-state index in [1.807, 2.05) is 0 Å². The third-order valence-electron chi connectivity index (χ3n) is 2.83. The molecule has 0 bridgehead atoms. The molecular weight excluding hydrogens is 364 g/mol. The summed E-state index contributed by atoms with van der Waals surface area (Å²) >= 11 is 5.69. The Morgan fingerprint density at radius 1 is 0.958 bits per heavy atom. The topological polar surface area (TPSA) is 130 Å². The Bertz CT molecular complexity index is 865. The van der Waals surface area contributed by atoms with Gasteiger partial charge in [0.25, 0.3) is 5.75 Å². The molecule has 0 N–H and O–H groups in total. The molecule has 0 aliphatic heterocycles. The van der Waals surface area contributed by atoms with Crippen LogP contribution in [0.15, 0.2) is 42.5 Å². The average molecular weight is 373 g/mol. The summed E-state index contributed by atoms with van der Waals surface area (Å²) in [6.07, 6.45) is 0. The summed E-state index contributed by atoms with van der Waals surface area (Å²) in [6.45, 7) is 0. The minimum absolute atomic E-state index is 0.306. The van der Waals surface area contributed by atoms with Crippen LogP contribution in [0, 0.1) is 20.2 Å². The first-order chi connectivity index (χ1) is 11.2. The van der Waals surface area contributed by atoms with Crippen LogP contribution in [-0.2, 0) is 15.9 Å². The second kappa shape index (κ2) is 6.81. The molecule has 0 amide bonds. The molecule has 0 spiro atoms. The summed E-state index contributed by atoms with van der Waals surface area (Å²) in [5.74, 6) is -1.56. The molecule has 0 saturated carbocycles. The van der Waals surface area contributed by atoms with Gasteiger partial charge in [-0.1, -0.05) is 23.7 Å². The monoisotopic (exact) mass is 372 g/mol. The van der Waals surface area contributed by atoms with Crippen molar-refractivity contribution in [2.75, 3.05) is 0 Å². The zero-order chi connectivity index (χ0) is 17.9. The van der Waals surface area contributed by atoms with Crippen LogP contribution in [0.25, 0.3) is 0 Å². The molecule has 9 nitrogen and oxygen atoms in total. The van der Waals surface area contributed by atoms with E-state index < -0.39 is 42.8 Å². The van der Waals surface area contributed by atoms with Gasteiger partial charge in [0.1, 0.15) is 5.75 Å². The molecule has 0 aromatic heterocycles. The van der Waals surface area contributed by atoms with Crippen LogP contribution in [0.1, 0.15) is 5.56 Å². The predicted molar refractivity (Wildman–Crippen MR) is 84.5 cm³/mol. The Morgan fingerprint density at radius 2 is 1.46 bits per heavy atom. The van der Waals surface area contributed by atoms with Crippen LogP contribution in [0.5, 0.6) is 5.75 Å². The lowest BCUT2D eigenvalue weighted by Crippen LogP contribution is -2.14. The molecular formula is C13H9ClN2O7S. The van der Waals surface area contributed by atoms with Crippen molar-refractivity contribution in [2.24, 2.45) is 0 Å². The maximum Gasteiger partial charge on any atom is 0.319 e. The Hall–Kier alpha value is -2.72. The SMILES string of the molecule is O=[N+]([O-])c1cccc([N+](=O)[O-])c1OS(=O)(=O)Cc1ccc(Cl)cc1. The Labute approximate surface area is 140 Å². The maximum absolute atomic E-state index is 12.1. The Balaban J connectivity index is 2.40. The van der Waals surface area contributed by atoms with Gasteiger partial charge in [0, 0.05) is 17.2 Å². The number of hydrogen-bond donors (Lipinski definition) is 0. The molecule has 0 unspecified atom stereocenters. The molecule has 2 aromatic rings. The van der Waals surface area contributed by atoms with E-state index in [4.69, 9.17) is 11.6 Å². The van der Waals surface area contributed by atoms with Crippen LogP contribution in [-0.4, -0.2) is 18.3 Å². The lowest BCUT2D eigenvalue weighted by Gasteiger charge is -2.08. The number of rotatable bonds is 6. The second-order valence-electron chi connectivity index (χ2n) is 4.55. The van der Waals surface area contributed by atoms with Gasteiger partial charge in [0.15, 0.2) is 0 Å². The fourth-order valence-corrected chi connectivity index (χ4v) is 3.04. The Morgan fingerprint density at radius 3 is 1.92 bits per heavy atom. The predicted octanol–water partition coefficient (Wildman–Crippen LogP) is 3.07. The second-order valence-corrected chi connectivity index (χ2v) is 6.56. The van der Waals surface area contributed by atoms with Gasteiger partial charge in [0.05, 0.1) is 9.85 Å². The molecule has 0 saturated heterocycles. The van der Waals surface area contributed by atoms with Gasteiger partial charge in [-0.15, -0.1) is 0 Å². The number of halogens is 1. The number of para-hydroxylation sites is 1. The van der Waals surface area contributed by atoms with E-state index in [1.165, 1.54) is 24.3 Å². The number of nitro benzene ring substituents is 2. The molecule has 0 aliphatic rings. The zero-order valence-corrected chi connectivity index (χ0v) is 13.4. The van der Waals surface area contributed by atoms with Crippen molar-refractivity contribution in [1.82, 2.24) is 0 Å². The standard InChI is InChI=1S/C13H9ClN2O7S/c14-10-6-4-9(5-7-10)8-24(21,22)23-13-11(15(17)18)2-1-3-12(13)16(19)20/h1-7H,8H2. The lowest BCUT2D eigenvalue weighted by atomic mass is 10.2. The minimum atomic E-state index is -4.36. The summed E-state index contributed by atoms with van der Waals surface area (Å²) in [6, 6.07) is 8.67. The van der Waals surface area contributed by atoms with Crippen molar-refractivity contribution >= 4 is 33.1 Å². The molecule has 0 aliphatic carbocycles. The van der Waals surface area contributed by atoms with Crippen molar-refractivity contribution in [2.45, 2.75) is 5.75 Å². The molecule has 24 heavy (non-hydrogen) atoms. The van der Waals surface area contributed by atoms with E-state index >= 15 is 0 Å². The lowest BCUT2D eigenvalue weighted by molar-refractivity contribution is -0.395. The molecule has 0 atom stereocenters. The van der Waals surface area contributed by atoms with Crippen molar-refractivity contribution < 1.29 is 22.4 Å². The number of benzene rings is 2. The van der Waals surface area contributed by atoms with Crippen molar-refractivity contribution in [3.05, 3.63) is 73.3 Å². The molecule has 0 heterocycles. The van der Waals surface area contributed by atoms with Gasteiger partial charge in [0.2, 0.25) is 0 Å². The zero-order valence-electron chi connectivity index (χ0n) is 11.8. The summed E-state index contributed by atoms with van der Waals surface area (Å²) in [5, 5.41) is 22.3. The number of nitro groups is 2. The minimum Gasteiger partial charge on any atom is -0.367 e. The molecule has 0 radical (unpaired) electrons. The fraction of sp³-hybridized carbons (Fsp3) is 0.0769. The number of hydrogen-bond acceptors (Lipinski definition) is 7. The molecule has 2 rings (SSSR count). The average Bonchev–Trinajstić information content (AvgIpc) is 2.48. The fourth-order valence-electron chi connectivity index (χ4n) is 1.83. The molecule has 126 valence electrons. The summed E-state index contributed by atoms with van der Waals surface area (Å²) in [4.78, 5) is 20.0. The van der Waals surface area contributed by atoms with E-state index in [9.17, 15) is 28.6 Å². The van der Waals surface area contributed by atoms with Gasteiger partial charge in [-0.25, -0.2) is 0 Å². The number of nitrogens with zero attached hydrogens (tertiary/aromatic N) is 2. The van der Waals surface area contributed by atoms with Crippen LogP contribution in [0.3, 0.4) is 0 Å². The quantitative estimate of drug-likeness (QED) is 0.432. The highest BCUT2D eigenvalue weighted by Gasteiger charge is 2.30. The van der Waals surface area contributed by atoms with Crippen molar-refractivity contribution in [1.29, 1.82) is 0 Å². The summed E-state index contributed by atoms with van der Waals surface area (Å²) < 4.78 is 28.9. The first kappa shape index (κ1) is 17.6. The molecule has 0 fully saturated rings. The molecule has 2 aromatic carbocycles. The van der Waals surface area contributed by atoms with E-state index in [0.717, 1.165) is 18.2 Å². The van der Waals surface area contributed by atoms with E-state index in [1.54, 1.807) is 0 Å². The van der Waals surface area contributed by atoms with Gasteiger partial charge >= 0.3 is 21.5 Å². The maximum atomic E-state index is 12.1. The highest BCUT2D eigenvalue weighted by atomic mass is 35.5.